The Kier molecular flexibility index (Phi) is 5.73. The molecule has 4 nitrogen and oxygen atoms in total. The summed E-state index contributed by atoms with van der Waals surface area (Å²) in [6, 6.07) is 0. The van der Waals surface area contributed by atoms with E-state index in [1.165, 1.54) is 0 Å². The molecule has 0 saturated carbocycles. The average molecular weight is 237 g/mol. The van der Waals surface area contributed by atoms with E-state index in [0.29, 0.717) is 6.54 Å². The van der Waals surface area contributed by atoms with Crippen LogP contribution in [-0.2, 0) is 11.3 Å². The van der Waals surface area contributed by atoms with Gasteiger partial charge in [-0.05, 0) is 12.8 Å². The van der Waals surface area contributed by atoms with Crippen molar-refractivity contribution in [3.8, 4) is 0 Å². The lowest BCUT2D eigenvalue weighted by molar-refractivity contribution is -0.135. The standard InChI is InChI=1S/C13H23N3O/c1-4-6-7-11(5-2)13(17)16(3)10-12-14-8-9-15-12/h8-9,11H,4-7,10H2,1-3H3,(H,14,15). The summed E-state index contributed by atoms with van der Waals surface area (Å²) in [6.45, 7) is 4.80. The summed E-state index contributed by atoms with van der Waals surface area (Å²) < 4.78 is 0. The van der Waals surface area contributed by atoms with Gasteiger partial charge in [-0.25, -0.2) is 4.98 Å². The number of nitrogens with one attached hydrogen (secondary N) is 1. The van der Waals surface area contributed by atoms with Crippen molar-refractivity contribution in [1.82, 2.24) is 14.9 Å². The Morgan fingerprint density at radius 1 is 1.53 bits per heavy atom. The topological polar surface area (TPSA) is 49.0 Å². The van der Waals surface area contributed by atoms with Gasteiger partial charge in [0, 0.05) is 25.4 Å². The lowest BCUT2D eigenvalue weighted by Gasteiger charge is -2.22. The SMILES string of the molecule is CCCCC(CC)C(=O)N(C)Cc1ncc[nH]1. The van der Waals surface area contributed by atoms with E-state index in [2.05, 4.69) is 23.8 Å². The fourth-order valence-corrected chi connectivity index (χ4v) is 1.95. The van der Waals surface area contributed by atoms with Crippen LogP contribution in [0.4, 0.5) is 0 Å². The molecule has 96 valence electrons. The monoisotopic (exact) mass is 237 g/mol. The second-order valence-corrected chi connectivity index (χ2v) is 4.48. The van der Waals surface area contributed by atoms with Crippen LogP contribution in [0.15, 0.2) is 12.4 Å². The Hall–Kier alpha value is -1.32. The molecule has 0 radical (unpaired) electrons. The van der Waals surface area contributed by atoms with Crippen molar-refractivity contribution in [3.63, 3.8) is 0 Å². The van der Waals surface area contributed by atoms with E-state index in [1.54, 1.807) is 17.3 Å². The summed E-state index contributed by atoms with van der Waals surface area (Å²) in [5.74, 6) is 1.23. The largest absolute Gasteiger partial charge is 0.347 e. The van der Waals surface area contributed by atoms with Crippen LogP contribution in [0.3, 0.4) is 0 Å². The maximum atomic E-state index is 12.2. The van der Waals surface area contributed by atoms with Gasteiger partial charge in [-0.15, -0.1) is 0 Å². The van der Waals surface area contributed by atoms with Gasteiger partial charge in [-0.2, -0.15) is 0 Å². The highest BCUT2D eigenvalue weighted by Gasteiger charge is 2.20. The van der Waals surface area contributed by atoms with Crippen LogP contribution in [0.2, 0.25) is 0 Å². The van der Waals surface area contributed by atoms with Crippen LogP contribution in [0.5, 0.6) is 0 Å². The minimum atomic E-state index is 0.162. The molecule has 1 aromatic rings. The zero-order chi connectivity index (χ0) is 12.7. The highest BCUT2D eigenvalue weighted by Crippen LogP contribution is 2.15. The molecule has 0 fully saturated rings. The van der Waals surface area contributed by atoms with E-state index in [1.807, 2.05) is 7.05 Å². The molecule has 1 rings (SSSR count). The first-order valence-electron chi connectivity index (χ1n) is 6.42. The zero-order valence-corrected chi connectivity index (χ0v) is 11.1. The number of aromatic nitrogens is 2. The maximum Gasteiger partial charge on any atom is 0.225 e. The summed E-state index contributed by atoms with van der Waals surface area (Å²) in [4.78, 5) is 21.1. The number of carbonyl (C=O) groups is 1. The Balaban J connectivity index is 2.48. The van der Waals surface area contributed by atoms with Crippen molar-refractivity contribution in [1.29, 1.82) is 0 Å². The fraction of sp³-hybridized carbons (Fsp3) is 0.692. The average Bonchev–Trinajstić information content (AvgIpc) is 2.82. The third-order valence-electron chi connectivity index (χ3n) is 3.07. The van der Waals surface area contributed by atoms with E-state index < -0.39 is 0 Å². The molecule has 17 heavy (non-hydrogen) atoms. The molecule has 1 N–H and O–H groups in total. The van der Waals surface area contributed by atoms with Gasteiger partial charge in [-0.3, -0.25) is 4.79 Å². The van der Waals surface area contributed by atoms with Crippen LogP contribution in [0, 0.1) is 5.92 Å². The van der Waals surface area contributed by atoms with Gasteiger partial charge in [0.25, 0.3) is 0 Å². The smallest absolute Gasteiger partial charge is 0.225 e. The Morgan fingerprint density at radius 3 is 2.82 bits per heavy atom. The van der Waals surface area contributed by atoms with E-state index in [4.69, 9.17) is 0 Å². The summed E-state index contributed by atoms with van der Waals surface area (Å²) in [6.07, 6.45) is 7.67. The summed E-state index contributed by atoms with van der Waals surface area (Å²) >= 11 is 0. The van der Waals surface area contributed by atoms with Gasteiger partial charge in [0.1, 0.15) is 5.82 Å². The van der Waals surface area contributed by atoms with Crippen LogP contribution in [0.1, 0.15) is 45.4 Å². The first-order valence-corrected chi connectivity index (χ1v) is 6.42. The van der Waals surface area contributed by atoms with Gasteiger partial charge in [0.15, 0.2) is 0 Å². The number of aromatic amines is 1. The third-order valence-corrected chi connectivity index (χ3v) is 3.07. The molecule has 0 aromatic carbocycles. The minimum absolute atomic E-state index is 0.162. The van der Waals surface area contributed by atoms with E-state index in [-0.39, 0.29) is 11.8 Å². The Bertz CT molecular complexity index is 321. The van der Waals surface area contributed by atoms with Crippen molar-refractivity contribution in [2.45, 2.75) is 46.1 Å². The molecule has 1 atom stereocenters. The normalized spacial score (nSPS) is 12.4. The van der Waals surface area contributed by atoms with Crippen molar-refractivity contribution in [3.05, 3.63) is 18.2 Å². The maximum absolute atomic E-state index is 12.2. The minimum Gasteiger partial charge on any atom is -0.347 e. The predicted octanol–water partition coefficient (Wildman–Crippen LogP) is 2.58. The molecule has 1 unspecified atom stereocenters. The number of rotatable bonds is 7. The molecular weight excluding hydrogens is 214 g/mol. The fourth-order valence-electron chi connectivity index (χ4n) is 1.95. The van der Waals surface area contributed by atoms with Crippen molar-refractivity contribution in [2.24, 2.45) is 5.92 Å². The highest BCUT2D eigenvalue weighted by molar-refractivity contribution is 5.78. The number of imidazole rings is 1. The van der Waals surface area contributed by atoms with Crippen LogP contribution < -0.4 is 0 Å². The number of nitrogens with zero attached hydrogens (tertiary/aromatic N) is 2. The molecule has 0 saturated heterocycles. The summed E-state index contributed by atoms with van der Waals surface area (Å²) in [7, 11) is 1.85. The predicted molar refractivity (Wildman–Crippen MR) is 68.4 cm³/mol. The van der Waals surface area contributed by atoms with E-state index >= 15 is 0 Å². The molecule has 1 aromatic heterocycles. The first kappa shape index (κ1) is 13.7. The molecular formula is C13H23N3O. The van der Waals surface area contributed by atoms with Gasteiger partial charge in [-0.1, -0.05) is 26.7 Å². The second-order valence-electron chi connectivity index (χ2n) is 4.48. The molecule has 0 bridgehead atoms. The molecule has 1 amide bonds. The van der Waals surface area contributed by atoms with Crippen LogP contribution in [0.25, 0.3) is 0 Å². The van der Waals surface area contributed by atoms with Gasteiger partial charge in [0.2, 0.25) is 5.91 Å². The second kappa shape index (κ2) is 7.09. The van der Waals surface area contributed by atoms with Crippen molar-refractivity contribution < 1.29 is 4.79 Å². The molecule has 0 aliphatic heterocycles. The zero-order valence-electron chi connectivity index (χ0n) is 11.1. The number of H-pyrrole nitrogens is 1. The van der Waals surface area contributed by atoms with E-state index in [0.717, 1.165) is 31.5 Å². The number of unbranched alkanes of at least 4 members (excludes halogenated alkanes) is 1. The molecule has 0 aliphatic rings. The summed E-state index contributed by atoms with van der Waals surface area (Å²) in [5, 5.41) is 0. The number of hydrogen-bond donors (Lipinski definition) is 1. The molecule has 0 aliphatic carbocycles. The van der Waals surface area contributed by atoms with Crippen molar-refractivity contribution >= 4 is 5.91 Å². The van der Waals surface area contributed by atoms with Crippen LogP contribution >= 0.6 is 0 Å². The Morgan fingerprint density at radius 2 is 2.29 bits per heavy atom. The third kappa shape index (κ3) is 4.21. The lowest BCUT2D eigenvalue weighted by Crippen LogP contribution is -2.32. The summed E-state index contributed by atoms with van der Waals surface area (Å²) in [5.41, 5.74) is 0. The molecule has 4 heteroatoms. The number of carbonyl (C=O) groups excluding carboxylic acids is 1. The highest BCUT2D eigenvalue weighted by atomic mass is 16.2. The Labute approximate surface area is 103 Å². The molecule has 1 heterocycles. The van der Waals surface area contributed by atoms with Gasteiger partial charge in [0.05, 0.1) is 6.54 Å². The number of amides is 1. The quantitative estimate of drug-likeness (QED) is 0.792. The van der Waals surface area contributed by atoms with E-state index in [9.17, 15) is 4.79 Å². The molecule has 0 spiro atoms. The van der Waals surface area contributed by atoms with Gasteiger partial charge >= 0.3 is 0 Å². The van der Waals surface area contributed by atoms with Gasteiger partial charge < -0.3 is 9.88 Å². The first-order chi connectivity index (χ1) is 8.19. The van der Waals surface area contributed by atoms with Crippen molar-refractivity contribution in [2.75, 3.05) is 7.05 Å². The number of hydrogen-bond acceptors (Lipinski definition) is 2. The van der Waals surface area contributed by atoms with Crippen LogP contribution in [-0.4, -0.2) is 27.8 Å². The lowest BCUT2D eigenvalue weighted by atomic mass is 9.98.